The SMILES string of the molecule is CN(C)C(Sc1c(Cl)cc(Cl)cc1Cl)=[N+](C)C. The van der Waals surface area contributed by atoms with E-state index in [1.807, 2.05) is 37.7 Å². The van der Waals surface area contributed by atoms with E-state index in [2.05, 4.69) is 0 Å². The molecule has 0 spiro atoms. The lowest BCUT2D eigenvalue weighted by molar-refractivity contribution is -0.466. The maximum Gasteiger partial charge on any atom is 0.312 e. The molecule has 0 unspecified atom stereocenters. The minimum absolute atomic E-state index is 0.542. The number of nitrogens with zero attached hydrogens (tertiary/aromatic N) is 2. The highest BCUT2D eigenvalue weighted by atomic mass is 35.5. The van der Waals surface area contributed by atoms with Crippen LogP contribution in [0.5, 0.6) is 0 Å². The van der Waals surface area contributed by atoms with Crippen LogP contribution in [0.15, 0.2) is 17.0 Å². The lowest BCUT2D eigenvalue weighted by Crippen LogP contribution is -2.26. The third-order valence-corrected chi connectivity index (χ3v) is 4.52. The van der Waals surface area contributed by atoms with E-state index in [0.717, 1.165) is 10.1 Å². The topological polar surface area (TPSA) is 6.25 Å². The van der Waals surface area contributed by atoms with Crippen LogP contribution >= 0.6 is 46.6 Å². The van der Waals surface area contributed by atoms with E-state index in [9.17, 15) is 0 Å². The van der Waals surface area contributed by atoms with Gasteiger partial charge in [-0.25, -0.2) is 0 Å². The number of hydrogen-bond acceptors (Lipinski definition) is 1. The molecule has 0 aromatic heterocycles. The Balaban J connectivity index is 3.15. The molecule has 0 aliphatic rings. The van der Waals surface area contributed by atoms with E-state index >= 15 is 0 Å². The molecule has 0 radical (unpaired) electrons. The quantitative estimate of drug-likeness (QED) is 0.335. The Hall–Kier alpha value is -0.0900. The van der Waals surface area contributed by atoms with E-state index < -0.39 is 0 Å². The molecule has 2 nitrogen and oxygen atoms in total. The van der Waals surface area contributed by atoms with E-state index in [4.69, 9.17) is 34.8 Å². The molecular formula is C11H14Cl3N2S+. The van der Waals surface area contributed by atoms with Crippen LogP contribution in [0.2, 0.25) is 15.1 Å². The number of hydrogen-bond donors (Lipinski definition) is 0. The molecule has 94 valence electrons. The molecule has 0 N–H and O–H groups in total. The largest absolute Gasteiger partial charge is 0.312 e. The smallest absolute Gasteiger partial charge is 0.261 e. The molecule has 0 atom stereocenters. The Morgan fingerprint density at radius 2 is 1.59 bits per heavy atom. The number of benzene rings is 1. The minimum Gasteiger partial charge on any atom is -0.261 e. The van der Waals surface area contributed by atoms with Gasteiger partial charge >= 0.3 is 5.17 Å². The van der Waals surface area contributed by atoms with Gasteiger partial charge in [0, 0.05) is 16.8 Å². The summed E-state index contributed by atoms with van der Waals surface area (Å²) in [4.78, 5) is 2.82. The van der Waals surface area contributed by atoms with Gasteiger partial charge in [-0.15, -0.1) is 0 Å². The third-order valence-electron chi connectivity index (χ3n) is 1.92. The normalized spacial score (nSPS) is 10.3. The van der Waals surface area contributed by atoms with Gasteiger partial charge in [0.05, 0.1) is 43.1 Å². The Kier molecular flexibility index (Phi) is 5.45. The molecule has 17 heavy (non-hydrogen) atoms. The second-order valence-electron chi connectivity index (χ2n) is 3.87. The van der Waals surface area contributed by atoms with Gasteiger partial charge in [-0.3, -0.25) is 9.48 Å². The summed E-state index contributed by atoms with van der Waals surface area (Å²) in [5.74, 6) is 0. The summed E-state index contributed by atoms with van der Waals surface area (Å²) in [5.41, 5.74) is 0. The first-order valence-corrected chi connectivity index (χ1v) is 6.82. The van der Waals surface area contributed by atoms with Gasteiger partial charge in [0.25, 0.3) is 0 Å². The first-order valence-electron chi connectivity index (χ1n) is 4.87. The van der Waals surface area contributed by atoms with E-state index in [1.165, 1.54) is 11.8 Å². The fourth-order valence-corrected chi connectivity index (χ4v) is 3.21. The molecule has 0 fully saturated rings. The summed E-state index contributed by atoms with van der Waals surface area (Å²) < 4.78 is 2.01. The fraction of sp³-hybridized carbons (Fsp3) is 0.364. The molecule has 6 heteroatoms. The monoisotopic (exact) mass is 311 g/mol. The summed E-state index contributed by atoms with van der Waals surface area (Å²) >= 11 is 19.7. The van der Waals surface area contributed by atoms with Gasteiger partial charge in [-0.05, 0) is 12.1 Å². The summed E-state index contributed by atoms with van der Waals surface area (Å²) in [6.45, 7) is 0. The van der Waals surface area contributed by atoms with Crippen molar-refractivity contribution in [2.24, 2.45) is 0 Å². The predicted octanol–water partition coefficient (Wildman–Crippen LogP) is 3.93. The Morgan fingerprint density at radius 3 is 1.94 bits per heavy atom. The standard InChI is InChI=1S/C11H14Cl3N2S/c1-15(2)11(16(3)4)17-10-8(13)5-7(12)6-9(10)14/h5-6H,1-4H3/q+1. The van der Waals surface area contributed by atoms with Crippen LogP contribution < -0.4 is 0 Å². The summed E-state index contributed by atoms with van der Waals surface area (Å²) in [6.07, 6.45) is 0. The van der Waals surface area contributed by atoms with Crippen LogP contribution in [0.3, 0.4) is 0 Å². The number of halogens is 3. The maximum absolute atomic E-state index is 6.15. The number of amidine groups is 1. The summed E-state index contributed by atoms with van der Waals surface area (Å²) in [7, 11) is 7.89. The van der Waals surface area contributed by atoms with Gasteiger partial charge < -0.3 is 0 Å². The fourth-order valence-electron chi connectivity index (χ4n) is 1.30. The van der Waals surface area contributed by atoms with Crippen molar-refractivity contribution < 1.29 is 4.58 Å². The second-order valence-corrected chi connectivity index (χ2v) is 6.10. The second kappa shape index (κ2) is 6.19. The number of rotatable bonds is 1. The van der Waals surface area contributed by atoms with Crippen LogP contribution in [-0.4, -0.2) is 42.8 Å². The van der Waals surface area contributed by atoms with Crippen molar-refractivity contribution >= 4 is 51.7 Å². The van der Waals surface area contributed by atoms with Crippen molar-refractivity contribution in [3.05, 3.63) is 27.2 Å². The van der Waals surface area contributed by atoms with Gasteiger partial charge in [0.1, 0.15) is 0 Å². The van der Waals surface area contributed by atoms with Gasteiger partial charge in [0.15, 0.2) is 0 Å². The van der Waals surface area contributed by atoms with Crippen molar-refractivity contribution in [1.29, 1.82) is 0 Å². The summed E-state index contributed by atoms with van der Waals surface area (Å²) in [6, 6.07) is 3.39. The molecule has 0 saturated carbocycles. The number of thioether (sulfide) groups is 1. The predicted molar refractivity (Wildman–Crippen MR) is 78.1 cm³/mol. The maximum atomic E-state index is 6.15. The van der Waals surface area contributed by atoms with Crippen LogP contribution in [0.4, 0.5) is 0 Å². The lowest BCUT2D eigenvalue weighted by atomic mass is 10.4. The van der Waals surface area contributed by atoms with E-state index in [0.29, 0.717) is 15.1 Å². The van der Waals surface area contributed by atoms with Crippen LogP contribution in [0.25, 0.3) is 0 Å². The molecule has 0 amide bonds. The molecule has 0 heterocycles. The molecule has 0 saturated heterocycles. The van der Waals surface area contributed by atoms with Crippen molar-refractivity contribution in [2.45, 2.75) is 4.90 Å². The van der Waals surface area contributed by atoms with Crippen LogP contribution in [-0.2, 0) is 0 Å². The average molecular weight is 313 g/mol. The van der Waals surface area contributed by atoms with Crippen molar-refractivity contribution in [1.82, 2.24) is 4.90 Å². The Morgan fingerprint density at radius 1 is 1.12 bits per heavy atom. The molecular weight excluding hydrogens is 299 g/mol. The van der Waals surface area contributed by atoms with Gasteiger partial charge in [-0.2, -0.15) is 0 Å². The molecule has 1 rings (SSSR count). The van der Waals surface area contributed by atoms with Gasteiger partial charge in [0.2, 0.25) is 0 Å². The minimum atomic E-state index is 0.542. The van der Waals surface area contributed by atoms with Crippen molar-refractivity contribution in [2.75, 3.05) is 28.2 Å². The third kappa shape index (κ3) is 3.95. The van der Waals surface area contributed by atoms with Crippen molar-refractivity contribution in [3.8, 4) is 0 Å². The molecule has 0 bridgehead atoms. The molecule has 0 aliphatic carbocycles. The van der Waals surface area contributed by atoms with Crippen LogP contribution in [0, 0.1) is 0 Å². The highest BCUT2D eigenvalue weighted by Crippen LogP contribution is 2.37. The van der Waals surface area contributed by atoms with Crippen molar-refractivity contribution in [3.63, 3.8) is 0 Å². The highest BCUT2D eigenvalue weighted by Gasteiger charge is 2.18. The average Bonchev–Trinajstić information content (AvgIpc) is 2.14. The first kappa shape index (κ1) is 15.0. The molecule has 1 aromatic rings. The molecule has 0 aliphatic heterocycles. The summed E-state index contributed by atoms with van der Waals surface area (Å²) in [5, 5.41) is 2.71. The van der Waals surface area contributed by atoms with E-state index in [1.54, 1.807) is 12.1 Å². The zero-order valence-electron chi connectivity index (χ0n) is 10.1. The molecule has 1 aromatic carbocycles. The zero-order valence-corrected chi connectivity index (χ0v) is 13.2. The highest BCUT2D eigenvalue weighted by molar-refractivity contribution is 8.13. The first-order chi connectivity index (χ1) is 7.82. The Labute approximate surface area is 121 Å². The lowest BCUT2D eigenvalue weighted by Gasteiger charge is -2.12. The zero-order chi connectivity index (χ0) is 13.2. The Bertz CT molecular complexity index is 431. The van der Waals surface area contributed by atoms with Gasteiger partial charge in [-0.1, -0.05) is 34.8 Å². The van der Waals surface area contributed by atoms with Crippen LogP contribution in [0.1, 0.15) is 0 Å². The van der Waals surface area contributed by atoms with E-state index in [-0.39, 0.29) is 0 Å².